The third-order valence-electron chi connectivity index (χ3n) is 3.78. The fourth-order valence-corrected chi connectivity index (χ4v) is 2.86. The average Bonchev–Trinajstić information content (AvgIpc) is 2.71. The minimum Gasteiger partial charge on any atom is -0.390 e. The van der Waals surface area contributed by atoms with Crippen LogP contribution in [0.25, 0.3) is 11.0 Å². The van der Waals surface area contributed by atoms with Gasteiger partial charge in [0.1, 0.15) is 0 Å². The molecule has 23 heavy (non-hydrogen) atoms. The summed E-state index contributed by atoms with van der Waals surface area (Å²) in [5.41, 5.74) is 1.13. The van der Waals surface area contributed by atoms with E-state index in [1.165, 1.54) is 9.13 Å². The number of aliphatic hydroxyl groups is 1. The van der Waals surface area contributed by atoms with Gasteiger partial charge < -0.3 is 14.7 Å². The fraction of sp³-hybridized carbons (Fsp3) is 0.533. The minimum absolute atomic E-state index is 0.186. The van der Waals surface area contributed by atoms with Crippen LogP contribution in [-0.4, -0.2) is 59.1 Å². The van der Waals surface area contributed by atoms with E-state index in [-0.39, 0.29) is 12.2 Å². The number of imidazole rings is 1. The van der Waals surface area contributed by atoms with Gasteiger partial charge in [-0.25, -0.2) is 4.79 Å². The molecule has 1 atom stereocenters. The van der Waals surface area contributed by atoms with Gasteiger partial charge in [0.05, 0.1) is 40.3 Å². The summed E-state index contributed by atoms with van der Waals surface area (Å²) in [4.78, 5) is 14.4. The molecule has 0 spiro atoms. The van der Waals surface area contributed by atoms with Crippen LogP contribution in [0.15, 0.2) is 16.9 Å². The lowest BCUT2D eigenvalue weighted by Crippen LogP contribution is -2.36. The van der Waals surface area contributed by atoms with Crippen LogP contribution >= 0.6 is 23.2 Å². The first-order valence-electron chi connectivity index (χ1n) is 7.25. The zero-order chi connectivity index (χ0) is 17.1. The Morgan fingerprint density at radius 1 is 1.30 bits per heavy atom. The van der Waals surface area contributed by atoms with E-state index in [4.69, 9.17) is 27.9 Å². The molecule has 1 unspecified atom stereocenters. The molecule has 2 aromatic rings. The van der Waals surface area contributed by atoms with Crippen LogP contribution in [0.1, 0.15) is 0 Å². The van der Waals surface area contributed by atoms with Gasteiger partial charge in [0, 0.05) is 27.2 Å². The first-order valence-corrected chi connectivity index (χ1v) is 8.00. The monoisotopic (exact) mass is 361 g/mol. The van der Waals surface area contributed by atoms with Gasteiger partial charge in [-0.2, -0.15) is 0 Å². The van der Waals surface area contributed by atoms with E-state index in [1.54, 1.807) is 26.3 Å². The number of halogens is 2. The van der Waals surface area contributed by atoms with E-state index in [2.05, 4.69) is 0 Å². The molecule has 1 aromatic heterocycles. The molecule has 0 fully saturated rings. The average molecular weight is 362 g/mol. The van der Waals surface area contributed by atoms with Crippen molar-refractivity contribution in [1.82, 2.24) is 14.0 Å². The predicted octanol–water partition coefficient (Wildman–Crippen LogP) is 1.59. The number of rotatable bonds is 7. The predicted molar refractivity (Wildman–Crippen MR) is 92.6 cm³/mol. The van der Waals surface area contributed by atoms with Crippen molar-refractivity contribution < 1.29 is 9.84 Å². The Morgan fingerprint density at radius 2 is 1.91 bits per heavy atom. The van der Waals surface area contributed by atoms with Crippen LogP contribution in [0.4, 0.5) is 0 Å². The molecule has 0 amide bonds. The number of hydrogen-bond acceptors (Lipinski definition) is 4. The van der Waals surface area contributed by atoms with Crippen molar-refractivity contribution in [3.8, 4) is 0 Å². The van der Waals surface area contributed by atoms with Crippen molar-refractivity contribution in [2.45, 2.75) is 12.6 Å². The van der Waals surface area contributed by atoms with Gasteiger partial charge in [-0.1, -0.05) is 23.2 Å². The first-order chi connectivity index (χ1) is 10.8. The maximum Gasteiger partial charge on any atom is 0.328 e. The second kappa shape index (κ2) is 7.68. The molecule has 0 saturated carbocycles. The molecular formula is C15H21Cl2N3O3. The Kier molecular flexibility index (Phi) is 6.11. The number of nitrogens with zero attached hydrogens (tertiary/aromatic N) is 3. The summed E-state index contributed by atoms with van der Waals surface area (Å²) in [7, 11) is 5.20. The number of likely N-dealkylation sites (N-methyl/N-ethyl adjacent to an activating group) is 1. The molecule has 0 radical (unpaired) electrons. The van der Waals surface area contributed by atoms with Crippen molar-refractivity contribution in [3.63, 3.8) is 0 Å². The largest absolute Gasteiger partial charge is 0.390 e. The molecular weight excluding hydrogens is 341 g/mol. The van der Waals surface area contributed by atoms with Gasteiger partial charge in [-0.05, 0) is 19.2 Å². The Labute approximate surface area is 144 Å². The molecule has 1 N–H and O–H groups in total. The Morgan fingerprint density at radius 3 is 2.52 bits per heavy atom. The van der Waals surface area contributed by atoms with E-state index in [9.17, 15) is 9.90 Å². The number of aryl methyl sites for hydroxylation is 1. The van der Waals surface area contributed by atoms with E-state index in [0.29, 0.717) is 40.8 Å². The van der Waals surface area contributed by atoms with E-state index in [0.717, 1.165) is 0 Å². The summed E-state index contributed by atoms with van der Waals surface area (Å²) in [6, 6.07) is 3.32. The van der Waals surface area contributed by atoms with Crippen molar-refractivity contribution in [2.75, 3.05) is 33.9 Å². The molecule has 6 nitrogen and oxygen atoms in total. The van der Waals surface area contributed by atoms with Crippen molar-refractivity contribution >= 4 is 34.2 Å². The van der Waals surface area contributed by atoms with Crippen molar-refractivity contribution in [3.05, 3.63) is 32.7 Å². The molecule has 1 heterocycles. The summed E-state index contributed by atoms with van der Waals surface area (Å²) >= 11 is 12.1. The highest BCUT2D eigenvalue weighted by Gasteiger charge is 2.17. The van der Waals surface area contributed by atoms with Gasteiger partial charge in [0.15, 0.2) is 0 Å². The van der Waals surface area contributed by atoms with E-state index in [1.807, 2.05) is 11.9 Å². The van der Waals surface area contributed by atoms with Crippen molar-refractivity contribution in [2.24, 2.45) is 7.05 Å². The molecule has 0 saturated heterocycles. The number of fused-ring (bicyclic) bond motifs is 1. The lowest BCUT2D eigenvalue weighted by atomic mass is 10.3. The molecule has 128 valence electrons. The second-order valence-corrected chi connectivity index (χ2v) is 6.43. The molecule has 8 heteroatoms. The Bertz CT molecular complexity index is 742. The number of benzene rings is 1. The Balaban J connectivity index is 2.24. The minimum atomic E-state index is -0.686. The summed E-state index contributed by atoms with van der Waals surface area (Å²) in [5.74, 6) is 0. The lowest BCUT2D eigenvalue weighted by Gasteiger charge is -2.20. The highest BCUT2D eigenvalue weighted by atomic mass is 35.5. The number of aromatic nitrogens is 2. The van der Waals surface area contributed by atoms with Gasteiger partial charge in [-0.15, -0.1) is 0 Å². The highest BCUT2D eigenvalue weighted by Crippen LogP contribution is 2.27. The molecule has 2 rings (SSSR count). The van der Waals surface area contributed by atoms with Crippen LogP contribution in [0.2, 0.25) is 10.0 Å². The van der Waals surface area contributed by atoms with Crippen LogP contribution in [-0.2, 0) is 18.3 Å². The quantitative estimate of drug-likeness (QED) is 0.813. The molecule has 0 bridgehead atoms. The fourth-order valence-electron chi connectivity index (χ4n) is 2.54. The summed E-state index contributed by atoms with van der Waals surface area (Å²) in [6.07, 6.45) is -0.686. The number of ether oxygens (including phenoxy) is 1. The lowest BCUT2D eigenvalue weighted by molar-refractivity contribution is 0.0921. The molecule has 0 aliphatic heterocycles. The summed E-state index contributed by atoms with van der Waals surface area (Å²) in [6.45, 7) is 1.92. The molecule has 0 aliphatic rings. The SMILES string of the molecule is COCCN(C)CC(O)Cn1c(=O)n(C)c2cc(Cl)c(Cl)cc21. The normalized spacial score (nSPS) is 13.2. The second-order valence-electron chi connectivity index (χ2n) is 5.62. The molecule has 1 aromatic carbocycles. The summed E-state index contributed by atoms with van der Waals surface area (Å²) < 4.78 is 8.03. The maximum absolute atomic E-state index is 12.4. The van der Waals surface area contributed by atoms with Gasteiger partial charge in [0.25, 0.3) is 0 Å². The number of aliphatic hydroxyl groups excluding tert-OH is 1. The van der Waals surface area contributed by atoms with E-state index < -0.39 is 6.10 Å². The maximum atomic E-state index is 12.4. The summed E-state index contributed by atoms with van der Waals surface area (Å²) in [5, 5.41) is 11.1. The van der Waals surface area contributed by atoms with Crippen LogP contribution in [0, 0.1) is 0 Å². The molecule has 0 aliphatic carbocycles. The highest BCUT2D eigenvalue weighted by molar-refractivity contribution is 6.42. The zero-order valence-electron chi connectivity index (χ0n) is 13.4. The number of hydrogen-bond donors (Lipinski definition) is 1. The first kappa shape index (κ1) is 18.3. The third-order valence-corrected chi connectivity index (χ3v) is 4.50. The van der Waals surface area contributed by atoms with E-state index >= 15 is 0 Å². The van der Waals surface area contributed by atoms with Gasteiger partial charge >= 0.3 is 5.69 Å². The van der Waals surface area contributed by atoms with Crippen LogP contribution < -0.4 is 5.69 Å². The van der Waals surface area contributed by atoms with Crippen molar-refractivity contribution in [1.29, 1.82) is 0 Å². The van der Waals surface area contributed by atoms with Crippen LogP contribution in [0.5, 0.6) is 0 Å². The van der Waals surface area contributed by atoms with Gasteiger partial charge in [0.2, 0.25) is 0 Å². The smallest absolute Gasteiger partial charge is 0.328 e. The third kappa shape index (κ3) is 4.08. The topological polar surface area (TPSA) is 59.6 Å². The zero-order valence-corrected chi connectivity index (χ0v) is 14.9. The van der Waals surface area contributed by atoms with Crippen LogP contribution in [0.3, 0.4) is 0 Å². The standard InChI is InChI=1S/C15H21Cl2N3O3/c1-18(4-5-23-3)8-10(21)9-20-14-7-12(17)11(16)6-13(14)19(2)15(20)22/h6-7,10,21H,4-5,8-9H2,1-3H3. The number of methoxy groups -OCH3 is 1. The Hall–Kier alpha value is -1.05. The van der Waals surface area contributed by atoms with Gasteiger partial charge in [-0.3, -0.25) is 9.13 Å².